The molecule has 0 bridgehead atoms. The van der Waals surface area contributed by atoms with Gasteiger partial charge in [-0.1, -0.05) is 12.1 Å². The minimum absolute atomic E-state index is 0.670. The average molecular weight is 183 g/mol. The molecular formula is C11H9N3. The van der Waals surface area contributed by atoms with Gasteiger partial charge in [0, 0.05) is 11.8 Å². The first-order valence-corrected chi connectivity index (χ1v) is 4.32. The molecule has 2 aromatic rings. The number of benzene rings is 1. The lowest BCUT2D eigenvalue weighted by Gasteiger charge is -1.98. The molecule has 1 heterocycles. The molecule has 1 N–H and O–H groups in total. The van der Waals surface area contributed by atoms with Crippen molar-refractivity contribution in [3.05, 3.63) is 41.7 Å². The van der Waals surface area contributed by atoms with Gasteiger partial charge in [-0.2, -0.15) is 10.4 Å². The second-order valence-electron chi connectivity index (χ2n) is 3.08. The molecule has 14 heavy (non-hydrogen) atoms. The van der Waals surface area contributed by atoms with Crippen LogP contribution < -0.4 is 0 Å². The van der Waals surface area contributed by atoms with E-state index in [1.54, 1.807) is 6.07 Å². The molecule has 0 aliphatic heterocycles. The minimum Gasteiger partial charge on any atom is -0.285 e. The number of aryl methyl sites for hydroxylation is 1. The summed E-state index contributed by atoms with van der Waals surface area (Å²) in [6, 6.07) is 9.61. The van der Waals surface area contributed by atoms with Crippen molar-refractivity contribution in [3.63, 3.8) is 0 Å². The summed E-state index contributed by atoms with van der Waals surface area (Å²) in [5.41, 5.74) is 3.68. The van der Waals surface area contributed by atoms with Gasteiger partial charge >= 0.3 is 0 Å². The Labute approximate surface area is 82.0 Å². The molecule has 0 fully saturated rings. The molecule has 1 aromatic carbocycles. The van der Waals surface area contributed by atoms with Crippen molar-refractivity contribution in [1.82, 2.24) is 10.2 Å². The molecule has 0 spiro atoms. The molecule has 0 aliphatic rings. The number of nitrogens with zero attached hydrogens (tertiary/aromatic N) is 2. The zero-order valence-corrected chi connectivity index (χ0v) is 7.78. The zero-order chi connectivity index (χ0) is 9.97. The zero-order valence-electron chi connectivity index (χ0n) is 7.78. The average Bonchev–Trinajstić information content (AvgIpc) is 2.65. The van der Waals surface area contributed by atoms with Gasteiger partial charge in [0.15, 0.2) is 0 Å². The highest BCUT2D eigenvalue weighted by molar-refractivity contribution is 5.66. The molecule has 0 unspecified atom stereocenters. The molecule has 0 atom stereocenters. The van der Waals surface area contributed by atoms with Gasteiger partial charge in [-0.3, -0.25) is 5.10 Å². The van der Waals surface area contributed by atoms with Gasteiger partial charge in [0.25, 0.3) is 0 Å². The summed E-state index contributed by atoms with van der Waals surface area (Å²) in [5.74, 6) is 0. The fraction of sp³-hybridized carbons (Fsp3) is 0.0909. The van der Waals surface area contributed by atoms with Crippen molar-refractivity contribution in [2.75, 3.05) is 0 Å². The molecule has 2 rings (SSSR count). The van der Waals surface area contributed by atoms with Crippen LogP contribution in [0.4, 0.5) is 0 Å². The van der Waals surface area contributed by atoms with Gasteiger partial charge in [-0.25, -0.2) is 0 Å². The van der Waals surface area contributed by atoms with Crippen molar-refractivity contribution < 1.29 is 0 Å². The summed E-state index contributed by atoms with van der Waals surface area (Å²) < 4.78 is 0. The molecule has 1 aromatic heterocycles. The lowest BCUT2D eigenvalue weighted by atomic mass is 10.0. The van der Waals surface area contributed by atoms with Crippen LogP contribution in [0.15, 0.2) is 30.5 Å². The van der Waals surface area contributed by atoms with Crippen LogP contribution in [-0.2, 0) is 0 Å². The van der Waals surface area contributed by atoms with Crippen molar-refractivity contribution in [2.45, 2.75) is 6.92 Å². The quantitative estimate of drug-likeness (QED) is 0.737. The summed E-state index contributed by atoms with van der Waals surface area (Å²) in [6.07, 6.45) is 1.84. The molecular weight excluding hydrogens is 174 g/mol. The van der Waals surface area contributed by atoms with Crippen LogP contribution in [0.3, 0.4) is 0 Å². The second-order valence-corrected chi connectivity index (χ2v) is 3.08. The van der Waals surface area contributed by atoms with E-state index in [0.717, 1.165) is 16.8 Å². The van der Waals surface area contributed by atoms with E-state index in [1.807, 2.05) is 31.3 Å². The van der Waals surface area contributed by atoms with Crippen LogP contribution in [0.2, 0.25) is 0 Å². The highest BCUT2D eigenvalue weighted by Crippen LogP contribution is 2.21. The summed E-state index contributed by atoms with van der Waals surface area (Å²) in [6.45, 7) is 1.94. The number of hydrogen-bond acceptors (Lipinski definition) is 2. The van der Waals surface area contributed by atoms with E-state index in [2.05, 4.69) is 16.3 Å². The Morgan fingerprint density at radius 1 is 1.43 bits per heavy atom. The lowest BCUT2D eigenvalue weighted by molar-refractivity contribution is 1.05. The normalized spacial score (nSPS) is 9.71. The Balaban J connectivity index is 2.53. The summed E-state index contributed by atoms with van der Waals surface area (Å²) in [4.78, 5) is 0. The smallest absolute Gasteiger partial charge is 0.0991 e. The molecule has 0 aliphatic carbocycles. The van der Waals surface area contributed by atoms with Gasteiger partial charge < -0.3 is 0 Å². The number of aromatic amines is 1. The molecule has 0 saturated heterocycles. The predicted octanol–water partition coefficient (Wildman–Crippen LogP) is 2.26. The van der Waals surface area contributed by atoms with Gasteiger partial charge in [0.1, 0.15) is 0 Å². The molecule has 0 amide bonds. The largest absolute Gasteiger partial charge is 0.285 e. The van der Waals surface area contributed by atoms with Gasteiger partial charge in [-0.05, 0) is 24.6 Å². The first-order chi connectivity index (χ1) is 6.81. The first kappa shape index (κ1) is 8.52. The number of H-pyrrole nitrogens is 1. The van der Waals surface area contributed by atoms with Crippen molar-refractivity contribution in [2.24, 2.45) is 0 Å². The fourth-order valence-corrected chi connectivity index (χ4v) is 1.41. The van der Waals surface area contributed by atoms with E-state index in [-0.39, 0.29) is 0 Å². The molecule has 68 valence electrons. The van der Waals surface area contributed by atoms with E-state index in [1.165, 1.54) is 0 Å². The third kappa shape index (κ3) is 1.38. The van der Waals surface area contributed by atoms with Crippen LogP contribution in [0, 0.1) is 18.3 Å². The molecule has 0 saturated carbocycles. The SMILES string of the molecule is Cc1n[nH]cc1-c1cccc(C#N)c1. The Morgan fingerprint density at radius 2 is 2.29 bits per heavy atom. The number of rotatable bonds is 1. The maximum atomic E-state index is 8.76. The Kier molecular flexibility index (Phi) is 2.04. The standard InChI is InChI=1S/C11H9N3/c1-8-11(7-13-14-8)10-4-2-3-9(5-10)6-12/h2-5,7H,1H3,(H,13,14). The number of aromatic nitrogens is 2. The van der Waals surface area contributed by atoms with E-state index in [0.29, 0.717) is 5.56 Å². The Morgan fingerprint density at radius 3 is 2.93 bits per heavy atom. The highest BCUT2D eigenvalue weighted by atomic mass is 15.1. The maximum Gasteiger partial charge on any atom is 0.0991 e. The monoisotopic (exact) mass is 183 g/mol. The van der Waals surface area contributed by atoms with E-state index in [4.69, 9.17) is 5.26 Å². The number of nitriles is 1. The van der Waals surface area contributed by atoms with E-state index >= 15 is 0 Å². The second kappa shape index (κ2) is 3.35. The summed E-state index contributed by atoms with van der Waals surface area (Å²) >= 11 is 0. The fourth-order valence-electron chi connectivity index (χ4n) is 1.41. The molecule has 3 heteroatoms. The number of nitrogens with one attached hydrogen (secondary N) is 1. The van der Waals surface area contributed by atoms with Gasteiger partial charge in [-0.15, -0.1) is 0 Å². The van der Waals surface area contributed by atoms with Crippen LogP contribution in [0.1, 0.15) is 11.3 Å². The van der Waals surface area contributed by atoms with Gasteiger partial charge in [0.05, 0.1) is 17.3 Å². The van der Waals surface area contributed by atoms with E-state index < -0.39 is 0 Å². The lowest BCUT2D eigenvalue weighted by Crippen LogP contribution is -1.80. The summed E-state index contributed by atoms with van der Waals surface area (Å²) in [5, 5.41) is 15.6. The van der Waals surface area contributed by atoms with Crippen LogP contribution in [0.5, 0.6) is 0 Å². The Hall–Kier alpha value is -2.08. The van der Waals surface area contributed by atoms with Crippen LogP contribution >= 0.6 is 0 Å². The van der Waals surface area contributed by atoms with Crippen molar-refractivity contribution in [3.8, 4) is 17.2 Å². The van der Waals surface area contributed by atoms with Crippen LogP contribution in [0.25, 0.3) is 11.1 Å². The van der Waals surface area contributed by atoms with Crippen molar-refractivity contribution >= 4 is 0 Å². The third-order valence-electron chi connectivity index (χ3n) is 2.13. The summed E-state index contributed by atoms with van der Waals surface area (Å²) in [7, 11) is 0. The topological polar surface area (TPSA) is 52.5 Å². The highest BCUT2D eigenvalue weighted by Gasteiger charge is 2.03. The molecule has 3 nitrogen and oxygen atoms in total. The Bertz CT molecular complexity index is 491. The van der Waals surface area contributed by atoms with E-state index in [9.17, 15) is 0 Å². The van der Waals surface area contributed by atoms with Crippen molar-refractivity contribution in [1.29, 1.82) is 5.26 Å². The van der Waals surface area contributed by atoms with Gasteiger partial charge in [0.2, 0.25) is 0 Å². The predicted molar refractivity (Wildman–Crippen MR) is 53.5 cm³/mol. The maximum absolute atomic E-state index is 8.76. The minimum atomic E-state index is 0.670. The third-order valence-corrected chi connectivity index (χ3v) is 2.13. The number of hydrogen-bond donors (Lipinski definition) is 1. The molecule has 0 radical (unpaired) electrons. The van der Waals surface area contributed by atoms with Crippen LogP contribution in [-0.4, -0.2) is 10.2 Å². The first-order valence-electron chi connectivity index (χ1n) is 4.32.